The van der Waals surface area contributed by atoms with Crippen molar-refractivity contribution in [3.8, 4) is 17.2 Å². The van der Waals surface area contributed by atoms with Crippen LogP contribution in [0.3, 0.4) is 0 Å². The Labute approximate surface area is 223 Å². The Morgan fingerprint density at radius 2 is 1.83 bits per heavy atom. The van der Waals surface area contributed by atoms with Crippen LogP contribution in [0, 0.1) is 11.8 Å². The van der Waals surface area contributed by atoms with Crippen molar-refractivity contribution < 1.29 is 40.8 Å². The second-order valence-electron chi connectivity index (χ2n) is 9.93. The molecule has 5 atom stereocenters. The average molecular weight is 556 g/mol. The summed E-state index contributed by atoms with van der Waals surface area (Å²) < 4.78 is 17.6. The Balaban J connectivity index is 0.00000304. The summed E-state index contributed by atoms with van der Waals surface area (Å²) in [5, 5.41) is 12.9. The highest BCUT2D eigenvalue weighted by Crippen LogP contribution is 2.49. The first kappa shape index (κ1) is 26.5. The third kappa shape index (κ3) is 4.49. The van der Waals surface area contributed by atoms with Crippen molar-refractivity contribution in [1.82, 2.24) is 4.98 Å². The molecule has 3 aliphatic heterocycles. The second-order valence-corrected chi connectivity index (χ2v) is 9.93. The molecule has 3 aromatic rings. The zero-order valence-electron chi connectivity index (χ0n) is 21.2. The third-order valence-electron chi connectivity index (χ3n) is 8.26. The van der Waals surface area contributed by atoms with Gasteiger partial charge >= 0.3 is 0 Å². The van der Waals surface area contributed by atoms with Gasteiger partial charge in [-0.2, -0.15) is 0 Å². The first-order valence-electron chi connectivity index (χ1n) is 12.3. The van der Waals surface area contributed by atoms with Crippen LogP contribution in [-0.4, -0.2) is 55.0 Å². The lowest BCUT2D eigenvalue weighted by atomic mass is 9.71. The molecule has 7 heteroatoms. The number of aromatic nitrogens is 1. The Hall–Kier alpha value is -2.61. The number of fused-ring (bicyclic) bond motifs is 4. The van der Waals surface area contributed by atoms with Gasteiger partial charge in [-0.05, 0) is 35.7 Å². The zero-order valence-corrected chi connectivity index (χ0v) is 22.8. The van der Waals surface area contributed by atoms with Crippen LogP contribution in [0.2, 0.25) is 0 Å². The zero-order chi connectivity index (χ0) is 24.6. The summed E-state index contributed by atoms with van der Waals surface area (Å²) in [6.45, 7) is 6.92. The van der Waals surface area contributed by atoms with Crippen LogP contribution in [0.1, 0.15) is 30.1 Å². The number of hydrogen-bond acceptors (Lipinski definition) is 5. The molecule has 0 radical (unpaired) electrons. The molecule has 2 aromatic carbocycles. The van der Waals surface area contributed by atoms with Gasteiger partial charge in [0.05, 0.1) is 39.9 Å². The van der Waals surface area contributed by atoms with E-state index in [0.717, 1.165) is 59.0 Å². The molecule has 3 aliphatic rings. The molecule has 0 saturated carbocycles. The molecule has 0 amide bonds. The quantitative estimate of drug-likeness (QED) is 0.340. The Morgan fingerprint density at radius 1 is 1.11 bits per heavy atom. The smallest absolute Gasteiger partial charge is 0.203 e. The maximum absolute atomic E-state index is 11.9. The molecular formula is C29H35BrN2O4. The molecule has 2 bridgehead atoms. The number of para-hydroxylation sites is 1. The van der Waals surface area contributed by atoms with Gasteiger partial charge in [-0.25, -0.2) is 0 Å². The van der Waals surface area contributed by atoms with Crippen molar-refractivity contribution in [3.63, 3.8) is 0 Å². The highest BCUT2D eigenvalue weighted by Gasteiger charge is 2.54. The SMILES string of the molecule is C=C[C@H]1C[N+]2(Cc3cc(OC)c(OC)c(OC)c3)CC[C@H]1C[C@H]2[C@H](O)c1ccnc2ccccc12.[Br-]. The Kier molecular flexibility index (Phi) is 7.93. The second kappa shape index (κ2) is 10.8. The molecular weight excluding hydrogens is 520 g/mol. The fraction of sp³-hybridized carbons (Fsp3) is 0.414. The Morgan fingerprint density at radius 3 is 2.50 bits per heavy atom. The maximum atomic E-state index is 11.9. The monoisotopic (exact) mass is 554 g/mol. The fourth-order valence-corrected chi connectivity index (χ4v) is 6.55. The van der Waals surface area contributed by atoms with Gasteiger partial charge in [0.15, 0.2) is 11.5 Å². The van der Waals surface area contributed by atoms with Crippen molar-refractivity contribution in [3.05, 3.63) is 72.4 Å². The number of benzene rings is 2. The van der Waals surface area contributed by atoms with Gasteiger partial charge in [-0.3, -0.25) is 4.98 Å². The number of rotatable bonds is 8. The lowest BCUT2D eigenvalue weighted by Gasteiger charge is -2.58. The van der Waals surface area contributed by atoms with Gasteiger partial charge in [0, 0.05) is 35.9 Å². The van der Waals surface area contributed by atoms with Crippen molar-refractivity contribution in [1.29, 1.82) is 0 Å². The lowest BCUT2D eigenvalue weighted by Crippen LogP contribution is -3.00. The first-order chi connectivity index (χ1) is 17.0. The van der Waals surface area contributed by atoms with Gasteiger partial charge in [0.1, 0.15) is 18.7 Å². The van der Waals surface area contributed by atoms with E-state index < -0.39 is 6.10 Å². The van der Waals surface area contributed by atoms with E-state index in [2.05, 4.69) is 23.7 Å². The van der Waals surface area contributed by atoms with Crippen molar-refractivity contribution >= 4 is 10.9 Å². The molecule has 6 nitrogen and oxygen atoms in total. The minimum absolute atomic E-state index is 0. The number of aliphatic hydroxyl groups excluding tert-OH is 1. The summed E-state index contributed by atoms with van der Waals surface area (Å²) in [4.78, 5) is 4.51. The van der Waals surface area contributed by atoms with Gasteiger partial charge in [0.2, 0.25) is 5.75 Å². The molecule has 1 N–H and O–H groups in total. The number of aliphatic hydroxyl groups is 1. The largest absolute Gasteiger partial charge is 1.00 e. The van der Waals surface area contributed by atoms with E-state index in [1.165, 1.54) is 0 Å². The van der Waals surface area contributed by atoms with E-state index in [4.69, 9.17) is 14.2 Å². The van der Waals surface area contributed by atoms with E-state index in [9.17, 15) is 5.11 Å². The lowest BCUT2D eigenvalue weighted by molar-refractivity contribution is -0.984. The van der Waals surface area contributed by atoms with Gasteiger partial charge < -0.3 is 40.8 Å². The molecule has 6 rings (SSSR count). The molecule has 1 unspecified atom stereocenters. The standard InChI is InChI=1S/C29H35N2O4.BrH/c1-5-20-18-31(17-19-14-26(33-2)29(35-4)27(15-19)34-3)13-11-21(20)16-25(31)28(32)23-10-12-30-24-9-7-6-8-22(23)24;/h5-10,12,14-15,20-21,25,28,32H,1,11,13,16-18H2,2-4H3;1H/q+1;/p-1/t20-,21-,25-,28+,31?;/m0./s1. The summed E-state index contributed by atoms with van der Waals surface area (Å²) in [5.74, 6) is 2.91. The van der Waals surface area contributed by atoms with Crippen molar-refractivity contribution in [2.24, 2.45) is 11.8 Å². The number of quaternary nitrogens is 1. The highest BCUT2D eigenvalue weighted by molar-refractivity contribution is 5.82. The molecule has 192 valence electrons. The topological polar surface area (TPSA) is 60.8 Å². The number of ether oxygens (including phenoxy) is 3. The normalized spacial score (nSPS) is 25.6. The van der Waals surface area contributed by atoms with Crippen molar-refractivity contribution in [2.75, 3.05) is 34.4 Å². The number of nitrogens with zero attached hydrogens (tertiary/aromatic N) is 2. The minimum Gasteiger partial charge on any atom is -1.00 e. The predicted octanol–water partition coefficient (Wildman–Crippen LogP) is 1.91. The van der Waals surface area contributed by atoms with Gasteiger partial charge in [0.25, 0.3) is 0 Å². The minimum atomic E-state index is -0.585. The van der Waals surface area contributed by atoms with Crippen LogP contribution in [-0.2, 0) is 6.54 Å². The number of pyridine rings is 1. The first-order valence-corrected chi connectivity index (χ1v) is 12.3. The highest BCUT2D eigenvalue weighted by atomic mass is 79.9. The van der Waals surface area contributed by atoms with Crippen LogP contribution in [0.25, 0.3) is 10.9 Å². The van der Waals surface area contributed by atoms with E-state index in [-0.39, 0.29) is 23.0 Å². The van der Waals surface area contributed by atoms with Gasteiger partial charge in [-0.1, -0.05) is 24.3 Å². The Bertz CT molecular complexity index is 1200. The average Bonchev–Trinajstić information content (AvgIpc) is 2.91. The van der Waals surface area contributed by atoms with Crippen LogP contribution in [0.15, 0.2) is 61.3 Å². The number of hydrogen-bond donors (Lipinski definition) is 1. The number of halogens is 1. The summed E-state index contributed by atoms with van der Waals surface area (Å²) in [7, 11) is 4.92. The maximum Gasteiger partial charge on any atom is 0.203 e. The molecule has 1 aromatic heterocycles. The molecule has 4 heterocycles. The van der Waals surface area contributed by atoms with Crippen LogP contribution in [0.4, 0.5) is 0 Å². The molecule has 36 heavy (non-hydrogen) atoms. The summed E-state index contributed by atoms with van der Waals surface area (Å²) >= 11 is 0. The van der Waals surface area contributed by atoms with Gasteiger partial charge in [-0.15, -0.1) is 6.58 Å². The third-order valence-corrected chi connectivity index (χ3v) is 8.26. The van der Waals surface area contributed by atoms with E-state index in [1.807, 2.05) is 42.6 Å². The van der Waals surface area contributed by atoms with Crippen molar-refractivity contribution in [2.45, 2.75) is 31.5 Å². The van der Waals surface area contributed by atoms with Crippen LogP contribution < -0.4 is 31.2 Å². The molecule has 0 aliphatic carbocycles. The molecule has 3 fully saturated rings. The summed E-state index contributed by atoms with van der Waals surface area (Å²) in [5.41, 5.74) is 2.99. The number of methoxy groups -OCH3 is 3. The van der Waals surface area contributed by atoms with Crippen LogP contribution >= 0.6 is 0 Å². The van der Waals surface area contributed by atoms with Crippen LogP contribution in [0.5, 0.6) is 17.2 Å². The summed E-state index contributed by atoms with van der Waals surface area (Å²) in [6, 6.07) is 14.2. The predicted molar refractivity (Wildman–Crippen MR) is 137 cm³/mol. The van der Waals surface area contributed by atoms with E-state index in [0.29, 0.717) is 29.1 Å². The summed E-state index contributed by atoms with van der Waals surface area (Å²) in [6.07, 6.45) is 5.46. The molecule has 3 saturated heterocycles. The number of piperidine rings is 3. The van der Waals surface area contributed by atoms with E-state index >= 15 is 0 Å². The fourth-order valence-electron chi connectivity index (χ4n) is 6.55. The molecule has 0 spiro atoms. The van der Waals surface area contributed by atoms with E-state index in [1.54, 1.807) is 21.3 Å².